The number of nitrogens with one attached hydrogen (secondary N) is 2. The number of hydrogen-bond donors (Lipinski definition) is 2. The first-order valence-corrected chi connectivity index (χ1v) is 15.4. The van der Waals surface area contributed by atoms with E-state index < -0.39 is 5.79 Å². The van der Waals surface area contributed by atoms with E-state index in [0.717, 1.165) is 50.0 Å². The van der Waals surface area contributed by atoms with Crippen molar-refractivity contribution < 1.29 is 19.0 Å². The number of carbonyl (C=O) groups excluding carboxylic acids is 1. The molecule has 7 rings (SSSR count). The largest absolute Gasteiger partial charge is 0.493 e. The van der Waals surface area contributed by atoms with Crippen molar-refractivity contribution in [2.45, 2.75) is 70.4 Å². The van der Waals surface area contributed by atoms with Crippen LogP contribution < -0.4 is 24.8 Å². The number of benzene rings is 1. The fourth-order valence-corrected chi connectivity index (χ4v) is 7.73. The molecule has 1 aromatic carbocycles. The zero-order valence-electron chi connectivity index (χ0n) is 24.8. The maximum absolute atomic E-state index is 14.8. The Labute approximate surface area is 247 Å². The zero-order chi connectivity index (χ0) is 28.8. The number of piperidine rings is 1. The first-order chi connectivity index (χ1) is 20.4. The van der Waals surface area contributed by atoms with Crippen LogP contribution in [0.1, 0.15) is 62.0 Å². The Morgan fingerprint density at radius 1 is 1.14 bits per heavy atom. The highest BCUT2D eigenvalue weighted by atomic mass is 16.7. The molecule has 222 valence electrons. The lowest BCUT2D eigenvalue weighted by Gasteiger charge is -2.41. The van der Waals surface area contributed by atoms with Crippen LogP contribution in [0.2, 0.25) is 0 Å². The topological polar surface area (TPSA) is 97.8 Å². The van der Waals surface area contributed by atoms with Crippen LogP contribution in [-0.4, -0.2) is 65.4 Å². The monoisotopic (exact) mass is 571 g/mol. The third-order valence-corrected chi connectivity index (χ3v) is 9.72. The molecule has 2 aromatic heterocycles. The van der Waals surface area contributed by atoms with E-state index in [-0.39, 0.29) is 18.0 Å². The highest BCUT2D eigenvalue weighted by Crippen LogP contribution is 2.47. The van der Waals surface area contributed by atoms with E-state index in [4.69, 9.17) is 19.2 Å². The summed E-state index contributed by atoms with van der Waals surface area (Å²) < 4.78 is 17.8. The van der Waals surface area contributed by atoms with Crippen LogP contribution in [0.25, 0.3) is 11.0 Å². The van der Waals surface area contributed by atoms with Gasteiger partial charge in [0.2, 0.25) is 11.5 Å². The summed E-state index contributed by atoms with van der Waals surface area (Å²) in [5, 5.41) is 8.39. The number of fused-ring (bicyclic) bond motifs is 4. The number of hydrogen-bond acceptors (Lipinski definition) is 8. The average molecular weight is 572 g/mol. The van der Waals surface area contributed by atoms with Crippen molar-refractivity contribution in [3.8, 4) is 17.2 Å². The summed E-state index contributed by atoms with van der Waals surface area (Å²) in [5.74, 6) is 2.63. The van der Waals surface area contributed by atoms with Gasteiger partial charge < -0.3 is 29.7 Å². The van der Waals surface area contributed by atoms with Crippen molar-refractivity contribution in [1.29, 1.82) is 0 Å². The van der Waals surface area contributed by atoms with Crippen molar-refractivity contribution in [3.05, 3.63) is 53.9 Å². The molecule has 0 spiro atoms. The van der Waals surface area contributed by atoms with Crippen LogP contribution in [0.4, 0.5) is 0 Å². The molecule has 3 fully saturated rings. The summed E-state index contributed by atoms with van der Waals surface area (Å²) in [6.07, 6.45) is 7.47. The quantitative estimate of drug-likeness (QED) is 0.407. The van der Waals surface area contributed by atoms with Crippen LogP contribution in [0.15, 0.2) is 42.6 Å². The number of aromatic nitrogens is 2. The van der Waals surface area contributed by atoms with Crippen molar-refractivity contribution in [1.82, 2.24) is 25.5 Å². The minimum Gasteiger partial charge on any atom is -0.493 e. The van der Waals surface area contributed by atoms with Crippen LogP contribution in [0.3, 0.4) is 0 Å². The van der Waals surface area contributed by atoms with Gasteiger partial charge in [-0.2, -0.15) is 0 Å². The van der Waals surface area contributed by atoms with Crippen molar-refractivity contribution in [2.75, 3.05) is 26.7 Å². The lowest BCUT2D eigenvalue weighted by molar-refractivity contribution is -0.0439. The van der Waals surface area contributed by atoms with Crippen molar-refractivity contribution >= 4 is 16.9 Å². The first kappa shape index (κ1) is 27.4. The Morgan fingerprint density at radius 3 is 2.74 bits per heavy atom. The highest BCUT2D eigenvalue weighted by molar-refractivity contribution is 5.96. The van der Waals surface area contributed by atoms with Gasteiger partial charge in [0, 0.05) is 43.1 Å². The van der Waals surface area contributed by atoms with Crippen LogP contribution >= 0.6 is 0 Å². The van der Waals surface area contributed by atoms with Crippen molar-refractivity contribution in [2.24, 2.45) is 17.8 Å². The Bertz CT molecular complexity index is 1460. The second-order valence-electron chi connectivity index (χ2n) is 12.8. The molecule has 4 aliphatic rings. The van der Waals surface area contributed by atoms with Gasteiger partial charge in [0.15, 0.2) is 17.1 Å². The van der Waals surface area contributed by atoms with Gasteiger partial charge in [-0.25, -0.2) is 9.97 Å². The molecule has 3 aromatic rings. The van der Waals surface area contributed by atoms with E-state index >= 15 is 0 Å². The summed E-state index contributed by atoms with van der Waals surface area (Å²) in [6.45, 7) is 7.24. The molecule has 1 aliphatic carbocycles. The minimum atomic E-state index is -0.830. The third kappa shape index (κ3) is 5.17. The molecule has 2 bridgehead atoms. The molecule has 2 N–H and O–H groups in total. The minimum absolute atomic E-state index is 0.0280. The number of nitrogens with zero attached hydrogens (tertiary/aromatic N) is 3. The number of pyridine rings is 2. The van der Waals surface area contributed by atoms with Gasteiger partial charge in [-0.3, -0.25) is 4.79 Å². The molecule has 42 heavy (non-hydrogen) atoms. The van der Waals surface area contributed by atoms with E-state index in [1.807, 2.05) is 38.1 Å². The summed E-state index contributed by atoms with van der Waals surface area (Å²) in [4.78, 5) is 26.2. The molecular formula is C33H41N5O4. The van der Waals surface area contributed by atoms with E-state index in [2.05, 4.69) is 26.6 Å². The molecule has 5 heterocycles. The van der Waals surface area contributed by atoms with E-state index in [9.17, 15) is 4.79 Å². The Kier molecular flexibility index (Phi) is 7.18. The summed E-state index contributed by atoms with van der Waals surface area (Å²) in [7, 11) is 1.60. The molecule has 9 heteroatoms. The van der Waals surface area contributed by atoms with E-state index in [1.54, 1.807) is 19.4 Å². The predicted molar refractivity (Wildman–Crippen MR) is 160 cm³/mol. The predicted octanol–water partition coefficient (Wildman–Crippen LogP) is 4.54. The number of methoxy groups -OCH3 is 1. The Morgan fingerprint density at radius 2 is 1.98 bits per heavy atom. The third-order valence-electron chi connectivity index (χ3n) is 9.72. The molecule has 9 nitrogen and oxygen atoms in total. The number of amides is 1. The first-order valence-electron chi connectivity index (χ1n) is 15.4. The maximum atomic E-state index is 14.8. The normalized spacial score (nSPS) is 26.4. The molecule has 4 atom stereocenters. The Hall–Kier alpha value is -3.43. The summed E-state index contributed by atoms with van der Waals surface area (Å²) in [6, 6.07) is 11.9. The lowest BCUT2D eigenvalue weighted by Crippen LogP contribution is -2.52. The van der Waals surface area contributed by atoms with Crippen LogP contribution in [-0.2, 0) is 6.54 Å². The SMILES string of the molecule is COc1cc(C(=O)N(Cc2ccc3cccnc3n2)C(CC2C3CCC2CNC3)[C@@H]2CCCN2)cc2c1OC(C)(C)O2. The standard InChI is InChI=1S/C33H41N5O4/c1-33(2)41-29-15-23(14-28(40-3)30(29)42-33)32(39)38(19-24-11-10-20-6-4-13-36-31(20)37-24)27(26-7-5-12-35-26)16-25-21-8-9-22(25)18-34-17-21/h4,6,10-11,13-15,21-22,25-27,34-35H,5,7-9,12,16-19H2,1-3H3/t21?,22?,25?,26-,27?/m0/s1. The van der Waals surface area contributed by atoms with Crippen molar-refractivity contribution in [3.63, 3.8) is 0 Å². The van der Waals surface area contributed by atoms with Gasteiger partial charge in [0.25, 0.3) is 5.91 Å². The van der Waals surface area contributed by atoms with Gasteiger partial charge in [-0.1, -0.05) is 0 Å². The van der Waals surface area contributed by atoms with Gasteiger partial charge in [0.05, 0.1) is 19.3 Å². The highest BCUT2D eigenvalue weighted by Gasteiger charge is 2.44. The fraction of sp³-hybridized carbons (Fsp3) is 0.545. The van der Waals surface area contributed by atoms with Crippen LogP contribution in [0.5, 0.6) is 17.2 Å². The van der Waals surface area contributed by atoms with Gasteiger partial charge in [0.1, 0.15) is 0 Å². The smallest absolute Gasteiger partial charge is 0.254 e. The average Bonchev–Trinajstić information content (AvgIpc) is 3.68. The lowest BCUT2D eigenvalue weighted by atomic mass is 9.79. The molecule has 0 radical (unpaired) electrons. The summed E-state index contributed by atoms with van der Waals surface area (Å²) in [5.41, 5.74) is 2.06. The van der Waals surface area contributed by atoms with Gasteiger partial charge in [-0.05, 0) is 106 Å². The number of ether oxygens (including phenoxy) is 3. The van der Waals surface area contributed by atoms with Gasteiger partial charge >= 0.3 is 0 Å². The second kappa shape index (κ2) is 11.0. The molecule has 2 saturated heterocycles. The molecule has 1 amide bonds. The Balaban J connectivity index is 1.28. The zero-order valence-corrected chi connectivity index (χ0v) is 24.8. The molecule has 3 unspecified atom stereocenters. The van der Waals surface area contributed by atoms with E-state index in [1.165, 1.54) is 12.8 Å². The number of carbonyl (C=O) groups is 1. The maximum Gasteiger partial charge on any atom is 0.254 e. The molecule has 3 aliphatic heterocycles. The van der Waals surface area contributed by atoms with E-state index in [0.29, 0.717) is 52.8 Å². The molecular weight excluding hydrogens is 530 g/mol. The fourth-order valence-electron chi connectivity index (χ4n) is 7.73. The summed E-state index contributed by atoms with van der Waals surface area (Å²) >= 11 is 0. The van der Waals surface area contributed by atoms with Gasteiger partial charge in [-0.15, -0.1) is 0 Å². The second-order valence-corrected chi connectivity index (χ2v) is 12.8. The molecule has 1 saturated carbocycles. The number of rotatable bonds is 8. The van der Waals surface area contributed by atoms with Crippen LogP contribution in [0, 0.1) is 17.8 Å².